The van der Waals surface area contributed by atoms with E-state index in [1.54, 1.807) is 0 Å². The lowest BCUT2D eigenvalue weighted by Gasteiger charge is -2.09. The van der Waals surface area contributed by atoms with Crippen LogP contribution in [0.5, 0.6) is 0 Å². The summed E-state index contributed by atoms with van der Waals surface area (Å²) in [7, 11) is 0. The van der Waals surface area contributed by atoms with Gasteiger partial charge in [0.1, 0.15) is 0 Å². The van der Waals surface area contributed by atoms with Gasteiger partial charge < -0.3 is 32.3 Å². The summed E-state index contributed by atoms with van der Waals surface area (Å²) in [6, 6.07) is 0. The van der Waals surface area contributed by atoms with E-state index in [1.807, 2.05) is 0 Å². The molecule has 0 bridgehead atoms. The van der Waals surface area contributed by atoms with Crippen molar-refractivity contribution >= 4 is 0 Å². The molecule has 31 heavy (non-hydrogen) atoms. The van der Waals surface area contributed by atoms with Gasteiger partial charge >= 0.3 is 0 Å². The van der Waals surface area contributed by atoms with E-state index < -0.39 is 0 Å². The predicted octanol–water partition coefficient (Wildman–Crippen LogP) is 2.98. The Kier molecular flexibility index (Phi) is 29.5. The summed E-state index contributed by atoms with van der Waals surface area (Å²) in [5, 5.41) is 17.2. The third-order valence-corrected chi connectivity index (χ3v) is 5.69. The van der Waals surface area contributed by atoms with Crippen molar-refractivity contribution in [3.05, 3.63) is 0 Å². The summed E-state index contributed by atoms with van der Waals surface area (Å²) in [5.41, 5.74) is 5.43. The van der Waals surface area contributed by atoms with Crippen LogP contribution in [0.25, 0.3) is 0 Å². The quantitative estimate of drug-likeness (QED) is 0.104. The lowest BCUT2D eigenvalue weighted by atomic mass is 10.0. The Balaban J connectivity index is 2.98. The third kappa shape index (κ3) is 29.8. The molecule has 0 saturated heterocycles. The molecule has 0 aliphatic heterocycles. The SMILES string of the molecule is CCCCCCCCCCCCCCCNCCNCCNCCNCCNCCN. The zero-order chi connectivity index (χ0) is 22.5. The topological polar surface area (TPSA) is 86.2 Å². The van der Waals surface area contributed by atoms with Crippen LogP contribution < -0.4 is 32.3 Å². The molecular formula is C25H58N6. The molecule has 0 saturated carbocycles. The number of hydrogen-bond donors (Lipinski definition) is 6. The number of nitrogens with one attached hydrogen (secondary N) is 5. The lowest BCUT2D eigenvalue weighted by Crippen LogP contribution is -2.37. The number of rotatable bonds is 28. The minimum atomic E-state index is 0.712. The maximum Gasteiger partial charge on any atom is 0.00772 e. The van der Waals surface area contributed by atoms with Gasteiger partial charge in [-0.2, -0.15) is 0 Å². The van der Waals surface area contributed by atoms with Gasteiger partial charge in [0.15, 0.2) is 0 Å². The minimum absolute atomic E-state index is 0.712. The van der Waals surface area contributed by atoms with E-state index in [1.165, 1.54) is 90.0 Å². The standard InChI is InChI=1S/C25H58N6/c1-2-3-4-5-6-7-8-9-10-11-12-13-14-16-27-18-20-29-22-24-31-25-23-30-21-19-28-17-15-26/h27-31H,2-26H2,1H3. The molecule has 0 radical (unpaired) electrons. The highest BCUT2D eigenvalue weighted by Gasteiger charge is 1.94. The molecule has 188 valence electrons. The second kappa shape index (κ2) is 29.8. The van der Waals surface area contributed by atoms with E-state index in [0.29, 0.717) is 6.54 Å². The van der Waals surface area contributed by atoms with Crippen LogP contribution >= 0.6 is 0 Å². The highest BCUT2D eigenvalue weighted by molar-refractivity contribution is 4.58. The Labute approximate surface area is 195 Å². The molecule has 0 aliphatic rings. The van der Waals surface area contributed by atoms with Gasteiger partial charge in [0.25, 0.3) is 0 Å². The predicted molar refractivity (Wildman–Crippen MR) is 139 cm³/mol. The fourth-order valence-electron chi connectivity index (χ4n) is 3.70. The van der Waals surface area contributed by atoms with E-state index in [0.717, 1.165) is 58.9 Å². The first-order valence-electron chi connectivity index (χ1n) is 13.7. The Morgan fingerprint density at radius 1 is 0.355 bits per heavy atom. The van der Waals surface area contributed by atoms with Gasteiger partial charge in [0.05, 0.1) is 0 Å². The first-order valence-corrected chi connectivity index (χ1v) is 13.7. The van der Waals surface area contributed by atoms with Crippen molar-refractivity contribution in [1.29, 1.82) is 0 Å². The van der Waals surface area contributed by atoms with Crippen molar-refractivity contribution in [3.8, 4) is 0 Å². The minimum Gasteiger partial charge on any atom is -0.329 e. The van der Waals surface area contributed by atoms with E-state index in [9.17, 15) is 0 Å². The summed E-state index contributed by atoms with van der Waals surface area (Å²) in [5.74, 6) is 0. The Hall–Kier alpha value is -0.240. The monoisotopic (exact) mass is 442 g/mol. The second-order valence-electron chi connectivity index (χ2n) is 8.78. The summed E-state index contributed by atoms with van der Waals surface area (Å²) in [6.07, 6.45) is 18.5. The molecule has 0 rings (SSSR count). The summed E-state index contributed by atoms with van der Waals surface area (Å²) < 4.78 is 0. The molecule has 0 aromatic rings. The number of unbranched alkanes of at least 4 members (excludes halogenated alkanes) is 12. The van der Waals surface area contributed by atoms with Crippen molar-refractivity contribution in [2.24, 2.45) is 5.73 Å². The van der Waals surface area contributed by atoms with E-state index >= 15 is 0 Å². The summed E-state index contributed by atoms with van der Waals surface area (Å²) in [6.45, 7) is 13.3. The molecule has 6 heteroatoms. The number of hydrogen-bond acceptors (Lipinski definition) is 6. The first kappa shape index (κ1) is 30.8. The van der Waals surface area contributed by atoms with Crippen LogP contribution in [-0.2, 0) is 0 Å². The molecule has 0 amide bonds. The fraction of sp³-hybridized carbons (Fsp3) is 1.00. The van der Waals surface area contributed by atoms with Crippen LogP contribution in [-0.4, -0.2) is 72.0 Å². The molecule has 0 aromatic heterocycles. The van der Waals surface area contributed by atoms with Gasteiger partial charge in [0, 0.05) is 65.4 Å². The molecule has 0 aliphatic carbocycles. The van der Waals surface area contributed by atoms with Crippen LogP contribution in [0.3, 0.4) is 0 Å². The van der Waals surface area contributed by atoms with Gasteiger partial charge in [-0.3, -0.25) is 0 Å². The molecule has 6 nitrogen and oxygen atoms in total. The molecule has 0 spiro atoms. The van der Waals surface area contributed by atoms with Gasteiger partial charge in [-0.15, -0.1) is 0 Å². The van der Waals surface area contributed by atoms with E-state index in [2.05, 4.69) is 33.5 Å². The van der Waals surface area contributed by atoms with E-state index in [4.69, 9.17) is 5.73 Å². The highest BCUT2D eigenvalue weighted by atomic mass is 15.0. The van der Waals surface area contributed by atoms with Crippen molar-refractivity contribution in [2.45, 2.75) is 90.4 Å². The van der Waals surface area contributed by atoms with E-state index in [-0.39, 0.29) is 0 Å². The fourth-order valence-corrected chi connectivity index (χ4v) is 3.70. The third-order valence-electron chi connectivity index (χ3n) is 5.69. The molecule has 0 unspecified atom stereocenters. The Morgan fingerprint density at radius 2 is 0.645 bits per heavy atom. The second-order valence-corrected chi connectivity index (χ2v) is 8.78. The molecular weight excluding hydrogens is 384 g/mol. The Bertz CT molecular complexity index is 276. The smallest absolute Gasteiger partial charge is 0.00772 e. The van der Waals surface area contributed by atoms with Crippen LogP contribution in [0.1, 0.15) is 90.4 Å². The summed E-state index contributed by atoms with van der Waals surface area (Å²) in [4.78, 5) is 0. The van der Waals surface area contributed by atoms with Crippen molar-refractivity contribution in [1.82, 2.24) is 26.6 Å². The van der Waals surface area contributed by atoms with Crippen molar-refractivity contribution in [3.63, 3.8) is 0 Å². The Morgan fingerprint density at radius 3 is 1.00 bits per heavy atom. The van der Waals surface area contributed by atoms with Crippen LogP contribution in [0, 0.1) is 0 Å². The maximum absolute atomic E-state index is 5.43. The van der Waals surface area contributed by atoms with Crippen LogP contribution in [0.2, 0.25) is 0 Å². The number of nitrogens with two attached hydrogens (primary N) is 1. The molecule has 7 N–H and O–H groups in total. The van der Waals surface area contributed by atoms with Crippen LogP contribution in [0.15, 0.2) is 0 Å². The van der Waals surface area contributed by atoms with Gasteiger partial charge in [-0.1, -0.05) is 84.0 Å². The molecule has 0 fully saturated rings. The first-order chi connectivity index (χ1) is 15.4. The zero-order valence-electron chi connectivity index (χ0n) is 21.0. The van der Waals surface area contributed by atoms with Crippen molar-refractivity contribution in [2.75, 3.05) is 72.0 Å². The average Bonchev–Trinajstić information content (AvgIpc) is 2.78. The zero-order valence-corrected chi connectivity index (χ0v) is 21.0. The maximum atomic E-state index is 5.43. The lowest BCUT2D eigenvalue weighted by molar-refractivity contribution is 0.527. The normalized spacial score (nSPS) is 11.4. The highest BCUT2D eigenvalue weighted by Crippen LogP contribution is 2.12. The largest absolute Gasteiger partial charge is 0.329 e. The van der Waals surface area contributed by atoms with Gasteiger partial charge in [-0.25, -0.2) is 0 Å². The summed E-state index contributed by atoms with van der Waals surface area (Å²) >= 11 is 0. The van der Waals surface area contributed by atoms with Crippen molar-refractivity contribution < 1.29 is 0 Å². The molecule has 0 atom stereocenters. The average molecular weight is 443 g/mol. The molecule has 0 aromatic carbocycles. The van der Waals surface area contributed by atoms with Crippen LogP contribution in [0.4, 0.5) is 0 Å². The molecule has 0 heterocycles. The van der Waals surface area contributed by atoms with Gasteiger partial charge in [-0.05, 0) is 13.0 Å². The van der Waals surface area contributed by atoms with Gasteiger partial charge in [0.2, 0.25) is 0 Å².